The van der Waals surface area contributed by atoms with Crippen LogP contribution in [0.4, 0.5) is 10.1 Å². The summed E-state index contributed by atoms with van der Waals surface area (Å²) in [6, 6.07) is 21.2. The second-order valence-corrected chi connectivity index (χ2v) is 11.3. The molecule has 4 aromatic rings. The van der Waals surface area contributed by atoms with Gasteiger partial charge >= 0.3 is 0 Å². The molecule has 0 saturated carbocycles. The van der Waals surface area contributed by atoms with Gasteiger partial charge in [0.2, 0.25) is 0 Å². The van der Waals surface area contributed by atoms with E-state index in [0.29, 0.717) is 24.3 Å². The molecule has 0 radical (unpaired) electrons. The lowest BCUT2D eigenvalue weighted by molar-refractivity contribution is 0.158. The van der Waals surface area contributed by atoms with E-state index in [1.807, 2.05) is 10.8 Å². The van der Waals surface area contributed by atoms with E-state index >= 15 is 0 Å². The highest BCUT2D eigenvalue weighted by atomic mass is 32.2. The summed E-state index contributed by atoms with van der Waals surface area (Å²) in [5, 5.41) is 14.2. The zero-order valence-electron chi connectivity index (χ0n) is 20.8. The summed E-state index contributed by atoms with van der Waals surface area (Å²) in [6.07, 6.45) is 3.64. The highest BCUT2D eigenvalue weighted by Gasteiger charge is 2.20. The average Bonchev–Trinajstić information content (AvgIpc) is 3.36. The van der Waals surface area contributed by atoms with E-state index in [-0.39, 0.29) is 16.3 Å². The standard InChI is InChI=1S/C28H31FN4O3S/c1-28(2,15-16-33-19-26(30-20-33)21-11-13-23(29)14-12-21)31-18-27(34)22-7-6-8-24(17-22)32-37(35,36)25-9-4-3-5-10-25/h3-14,17,19-20,27,31-32,34H,15-16,18H2,1-2H3/t27-/m0/s1. The smallest absolute Gasteiger partial charge is 0.261 e. The van der Waals surface area contributed by atoms with Crippen LogP contribution >= 0.6 is 0 Å². The number of anilines is 1. The first-order chi connectivity index (χ1) is 17.6. The predicted octanol–water partition coefficient (Wildman–Crippen LogP) is 4.98. The summed E-state index contributed by atoms with van der Waals surface area (Å²) in [7, 11) is -3.71. The van der Waals surface area contributed by atoms with E-state index in [2.05, 4.69) is 28.9 Å². The zero-order chi connectivity index (χ0) is 26.5. The van der Waals surface area contributed by atoms with Crippen LogP contribution < -0.4 is 10.0 Å². The molecule has 0 spiro atoms. The number of imidazole rings is 1. The van der Waals surface area contributed by atoms with Gasteiger partial charge in [-0.1, -0.05) is 30.3 Å². The van der Waals surface area contributed by atoms with E-state index in [1.54, 1.807) is 60.9 Å². The van der Waals surface area contributed by atoms with E-state index in [0.717, 1.165) is 17.7 Å². The summed E-state index contributed by atoms with van der Waals surface area (Å²) in [6.45, 7) is 5.12. The molecule has 7 nitrogen and oxygen atoms in total. The zero-order valence-corrected chi connectivity index (χ0v) is 21.6. The Hall–Kier alpha value is -3.53. The van der Waals surface area contributed by atoms with Crippen molar-refractivity contribution in [2.45, 2.75) is 43.4 Å². The number of hydrogen-bond donors (Lipinski definition) is 3. The minimum absolute atomic E-state index is 0.173. The predicted molar refractivity (Wildman–Crippen MR) is 143 cm³/mol. The van der Waals surface area contributed by atoms with E-state index in [4.69, 9.17) is 0 Å². The number of sulfonamides is 1. The summed E-state index contributed by atoms with van der Waals surface area (Å²) in [4.78, 5) is 4.59. The minimum atomic E-state index is -3.71. The van der Waals surface area contributed by atoms with Crippen LogP contribution in [0.1, 0.15) is 31.9 Å². The molecule has 0 aliphatic rings. The summed E-state index contributed by atoms with van der Waals surface area (Å²) < 4.78 is 43.0. The second-order valence-electron chi connectivity index (χ2n) is 9.58. The molecule has 0 fully saturated rings. The number of β-amino-alcohol motifs (C(OH)–C–C–N with tert-alkyl or cyclic N) is 1. The molecular formula is C28H31FN4O3S. The molecule has 9 heteroatoms. The van der Waals surface area contributed by atoms with Crippen LogP contribution in [0, 0.1) is 5.82 Å². The summed E-state index contributed by atoms with van der Waals surface area (Å²) in [5.41, 5.74) is 2.35. The van der Waals surface area contributed by atoms with E-state index in [9.17, 15) is 17.9 Å². The fourth-order valence-electron chi connectivity index (χ4n) is 3.86. The maximum absolute atomic E-state index is 13.2. The number of nitrogens with zero attached hydrogens (tertiary/aromatic N) is 2. The first kappa shape index (κ1) is 26.5. The van der Waals surface area contributed by atoms with Gasteiger partial charge in [0.15, 0.2) is 0 Å². The van der Waals surface area contributed by atoms with Gasteiger partial charge in [-0.3, -0.25) is 4.72 Å². The van der Waals surface area contributed by atoms with Crippen molar-refractivity contribution in [3.8, 4) is 11.3 Å². The molecule has 0 aliphatic carbocycles. The van der Waals surface area contributed by atoms with Crippen molar-refractivity contribution in [2.75, 3.05) is 11.3 Å². The number of aryl methyl sites for hydroxylation is 1. The van der Waals surface area contributed by atoms with Crippen LogP contribution in [-0.4, -0.2) is 35.2 Å². The average molecular weight is 523 g/mol. The van der Waals surface area contributed by atoms with Gasteiger partial charge in [-0.05, 0) is 74.4 Å². The van der Waals surface area contributed by atoms with E-state index < -0.39 is 16.1 Å². The molecule has 3 N–H and O–H groups in total. The lowest BCUT2D eigenvalue weighted by Crippen LogP contribution is -2.42. The Morgan fingerprint density at radius 3 is 2.49 bits per heavy atom. The fourth-order valence-corrected chi connectivity index (χ4v) is 4.93. The van der Waals surface area contributed by atoms with Crippen LogP contribution in [0.3, 0.4) is 0 Å². The molecule has 1 heterocycles. The maximum Gasteiger partial charge on any atom is 0.261 e. The molecule has 0 bridgehead atoms. The van der Waals surface area contributed by atoms with Crippen LogP contribution in [0.15, 0.2) is 96.3 Å². The number of aromatic nitrogens is 2. The third kappa shape index (κ3) is 7.25. The van der Waals surface area contributed by atoms with Crippen molar-refractivity contribution in [1.82, 2.24) is 14.9 Å². The number of halogens is 1. The van der Waals surface area contributed by atoms with Gasteiger partial charge in [0, 0.05) is 36.1 Å². The summed E-state index contributed by atoms with van der Waals surface area (Å²) >= 11 is 0. The van der Waals surface area contributed by atoms with Gasteiger partial charge in [0.05, 0.1) is 23.0 Å². The van der Waals surface area contributed by atoms with Gasteiger partial charge in [0.25, 0.3) is 10.0 Å². The molecule has 0 saturated heterocycles. The molecule has 194 valence electrons. The third-order valence-electron chi connectivity index (χ3n) is 6.12. The highest BCUT2D eigenvalue weighted by Crippen LogP contribution is 2.22. The van der Waals surface area contributed by atoms with Gasteiger partial charge in [0.1, 0.15) is 5.82 Å². The van der Waals surface area contributed by atoms with Crippen molar-refractivity contribution in [3.63, 3.8) is 0 Å². The Balaban J connectivity index is 1.31. The SMILES string of the molecule is CC(C)(CCn1cnc(-c2ccc(F)cc2)c1)NC[C@H](O)c1cccc(NS(=O)(=O)c2ccccc2)c1. The molecular weight excluding hydrogens is 491 g/mol. The fraction of sp³-hybridized carbons (Fsp3) is 0.250. The molecule has 0 amide bonds. The Morgan fingerprint density at radius 2 is 1.76 bits per heavy atom. The van der Waals surface area contributed by atoms with Crippen molar-refractivity contribution in [1.29, 1.82) is 0 Å². The molecule has 4 rings (SSSR count). The lowest BCUT2D eigenvalue weighted by atomic mass is 9.99. The highest BCUT2D eigenvalue weighted by molar-refractivity contribution is 7.92. The van der Waals surface area contributed by atoms with Gasteiger partial charge < -0.3 is 15.0 Å². The first-order valence-corrected chi connectivity index (χ1v) is 13.5. The van der Waals surface area contributed by atoms with Crippen LogP contribution in [0.5, 0.6) is 0 Å². The van der Waals surface area contributed by atoms with Crippen molar-refractivity contribution in [2.24, 2.45) is 0 Å². The molecule has 0 aliphatic heterocycles. The van der Waals surface area contributed by atoms with Crippen LogP contribution in [0.25, 0.3) is 11.3 Å². The Bertz CT molecular complexity index is 1420. The number of rotatable bonds is 11. The van der Waals surface area contributed by atoms with Crippen LogP contribution in [0.2, 0.25) is 0 Å². The third-order valence-corrected chi connectivity index (χ3v) is 7.52. The monoisotopic (exact) mass is 522 g/mol. The summed E-state index contributed by atoms with van der Waals surface area (Å²) in [5.74, 6) is -0.279. The molecule has 3 aromatic carbocycles. The van der Waals surface area contributed by atoms with Crippen molar-refractivity contribution >= 4 is 15.7 Å². The number of aliphatic hydroxyl groups excluding tert-OH is 1. The van der Waals surface area contributed by atoms with Crippen molar-refractivity contribution in [3.05, 3.63) is 103 Å². The second kappa shape index (κ2) is 11.2. The largest absolute Gasteiger partial charge is 0.387 e. The number of nitrogens with one attached hydrogen (secondary N) is 2. The van der Waals surface area contributed by atoms with Gasteiger partial charge in [-0.25, -0.2) is 17.8 Å². The normalized spacial score (nSPS) is 12.9. The lowest BCUT2D eigenvalue weighted by Gasteiger charge is -2.28. The number of aliphatic hydroxyl groups is 1. The van der Waals surface area contributed by atoms with Gasteiger partial charge in [-0.15, -0.1) is 0 Å². The Kier molecular flexibility index (Phi) is 8.06. The Morgan fingerprint density at radius 1 is 1.03 bits per heavy atom. The molecule has 1 aromatic heterocycles. The van der Waals surface area contributed by atoms with Crippen molar-refractivity contribution < 1.29 is 17.9 Å². The van der Waals surface area contributed by atoms with E-state index in [1.165, 1.54) is 24.3 Å². The molecule has 37 heavy (non-hydrogen) atoms. The minimum Gasteiger partial charge on any atom is -0.387 e. The van der Waals surface area contributed by atoms with Crippen LogP contribution in [-0.2, 0) is 16.6 Å². The number of hydrogen-bond acceptors (Lipinski definition) is 5. The molecule has 0 unspecified atom stereocenters. The topological polar surface area (TPSA) is 96.2 Å². The number of benzene rings is 3. The molecule has 1 atom stereocenters. The Labute approximate surface area is 217 Å². The van der Waals surface area contributed by atoms with Gasteiger partial charge in [-0.2, -0.15) is 0 Å². The quantitative estimate of drug-likeness (QED) is 0.258. The first-order valence-electron chi connectivity index (χ1n) is 12.0. The maximum atomic E-state index is 13.2.